The lowest BCUT2D eigenvalue weighted by molar-refractivity contribution is -0.123. The normalized spacial score (nSPS) is 23.3. The van der Waals surface area contributed by atoms with Gasteiger partial charge in [-0.1, -0.05) is 38.1 Å². The summed E-state index contributed by atoms with van der Waals surface area (Å²) in [5, 5.41) is 12.7. The van der Waals surface area contributed by atoms with Gasteiger partial charge in [-0.05, 0) is 56.1 Å². The maximum Gasteiger partial charge on any atom is 0.227 e. The quantitative estimate of drug-likeness (QED) is 0.876. The van der Waals surface area contributed by atoms with Gasteiger partial charge in [-0.15, -0.1) is 0 Å². The van der Waals surface area contributed by atoms with Crippen LogP contribution in [-0.4, -0.2) is 23.2 Å². The Hall–Kier alpha value is -1.35. The highest BCUT2D eigenvalue weighted by Crippen LogP contribution is 2.22. The van der Waals surface area contributed by atoms with Crippen LogP contribution in [0, 0.1) is 5.92 Å². The summed E-state index contributed by atoms with van der Waals surface area (Å²) in [4.78, 5) is 12.5. The predicted molar refractivity (Wildman–Crippen MR) is 89.8 cm³/mol. The molecule has 3 nitrogen and oxygen atoms in total. The smallest absolute Gasteiger partial charge is 0.227 e. The van der Waals surface area contributed by atoms with Crippen LogP contribution in [0.3, 0.4) is 0 Å². The lowest BCUT2D eigenvalue weighted by atomic mass is 9.91. The number of hydrogen-bond donors (Lipinski definition) is 2. The first kappa shape index (κ1) is 17.0. The highest BCUT2D eigenvalue weighted by molar-refractivity contribution is 5.83. The number of amides is 1. The number of carbonyl (C=O) groups excluding carboxylic acids is 1. The van der Waals surface area contributed by atoms with Crippen molar-refractivity contribution in [1.82, 2.24) is 5.32 Å². The first-order chi connectivity index (χ1) is 10.5. The van der Waals surface area contributed by atoms with Gasteiger partial charge in [0, 0.05) is 6.04 Å². The van der Waals surface area contributed by atoms with Gasteiger partial charge >= 0.3 is 0 Å². The van der Waals surface area contributed by atoms with E-state index in [2.05, 4.69) is 31.3 Å². The molecule has 1 atom stereocenters. The summed E-state index contributed by atoms with van der Waals surface area (Å²) >= 11 is 0. The average molecular weight is 303 g/mol. The second-order valence-corrected chi connectivity index (χ2v) is 7.08. The van der Waals surface area contributed by atoms with E-state index in [1.807, 2.05) is 19.1 Å². The fourth-order valence-corrected chi connectivity index (χ4v) is 3.16. The van der Waals surface area contributed by atoms with E-state index >= 15 is 0 Å². The summed E-state index contributed by atoms with van der Waals surface area (Å²) in [7, 11) is 0. The van der Waals surface area contributed by atoms with Crippen molar-refractivity contribution in [2.24, 2.45) is 5.92 Å². The monoisotopic (exact) mass is 303 g/mol. The SMILES string of the molecule is CC(C)Cc1cccc([C@H](C)C(=O)NC2CCC(O)CC2)c1. The Bertz CT molecular complexity index is 490. The minimum absolute atomic E-state index is 0.100. The second kappa shape index (κ2) is 7.77. The van der Waals surface area contributed by atoms with Crippen molar-refractivity contribution in [1.29, 1.82) is 0 Å². The van der Waals surface area contributed by atoms with Crippen LogP contribution >= 0.6 is 0 Å². The van der Waals surface area contributed by atoms with Crippen molar-refractivity contribution in [3.05, 3.63) is 35.4 Å². The molecule has 1 aromatic rings. The van der Waals surface area contributed by atoms with E-state index in [-0.39, 0.29) is 24.0 Å². The molecule has 0 saturated heterocycles. The average Bonchev–Trinajstić information content (AvgIpc) is 2.48. The van der Waals surface area contributed by atoms with Gasteiger partial charge in [0.15, 0.2) is 0 Å². The van der Waals surface area contributed by atoms with Gasteiger partial charge in [0.25, 0.3) is 0 Å². The number of carbonyl (C=O) groups is 1. The molecule has 2 rings (SSSR count). The highest BCUT2D eigenvalue weighted by atomic mass is 16.3. The molecule has 0 heterocycles. The molecule has 22 heavy (non-hydrogen) atoms. The zero-order valence-corrected chi connectivity index (χ0v) is 14.0. The number of benzene rings is 1. The van der Waals surface area contributed by atoms with Crippen LogP contribution in [0.2, 0.25) is 0 Å². The van der Waals surface area contributed by atoms with Crippen molar-refractivity contribution in [3.8, 4) is 0 Å². The molecular formula is C19H29NO2. The van der Waals surface area contributed by atoms with E-state index < -0.39 is 0 Å². The van der Waals surface area contributed by atoms with Gasteiger partial charge < -0.3 is 10.4 Å². The lowest BCUT2D eigenvalue weighted by Gasteiger charge is -2.27. The van der Waals surface area contributed by atoms with Gasteiger partial charge in [0.1, 0.15) is 0 Å². The summed E-state index contributed by atoms with van der Waals surface area (Å²) in [6.45, 7) is 6.39. The number of aliphatic hydroxyl groups excluding tert-OH is 1. The molecule has 122 valence electrons. The Morgan fingerprint density at radius 3 is 2.55 bits per heavy atom. The van der Waals surface area contributed by atoms with Crippen LogP contribution in [0.15, 0.2) is 24.3 Å². The third kappa shape index (κ3) is 4.84. The Labute approximate surface area is 134 Å². The van der Waals surface area contributed by atoms with Crippen LogP contribution < -0.4 is 5.32 Å². The minimum atomic E-state index is -0.182. The van der Waals surface area contributed by atoms with Crippen molar-refractivity contribution < 1.29 is 9.90 Å². The molecular weight excluding hydrogens is 274 g/mol. The molecule has 0 aromatic heterocycles. The summed E-state index contributed by atoms with van der Waals surface area (Å²) in [5.74, 6) is 0.593. The van der Waals surface area contributed by atoms with Gasteiger partial charge in [-0.3, -0.25) is 4.79 Å². The maximum absolute atomic E-state index is 12.5. The number of rotatable bonds is 5. The standard InChI is InChI=1S/C19H29NO2/c1-13(2)11-15-5-4-6-16(12-15)14(3)19(22)20-17-7-9-18(21)10-8-17/h4-6,12-14,17-18,21H,7-11H2,1-3H3,(H,20,22)/t14-,17?,18?/m0/s1. The molecule has 0 aliphatic heterocycles. The van der Waals surface area contributed by atoms with Crippen molar-refractivity contribution >= 4 is 5.91 Å². The van der Waals surface area contributed by atoms with Gasteiger partial charge in [-0.25, -0.2) is 0 Å². The van der Waals surface area contributed by atoms with E-state index in [9.17, 15) is 9.90 Å². The Kier molecular flexibility index (Phi) is 6.01. The topological polar surface area (TPSA) is 49.3 Å². The van der Waals surface area contributed by atoms with Gasteiger partial charge in [-0.2, -0.15) is 0 Å². The molecule has 1 aromatic carbocycles. The summed E-state index contributed by atoms with van der Waals surface area (Å²) < 4.78 is 0. The molecule has 0 bridgehead atoms. The van der Waals surface area contributed by atoms with Crippen molar-refractivity contribution in [2.45, 2.75) is 70.9 Å². The first-order valence-electron chi connectivity index (χ1n) is 8.53. The summed E-state index contributed by atoms with van der Waals surface area (Å²) in [6.07, 6.45) is 4.22. The second-order valence-electron chi connectivity index (χ2n) is 7.08. The zero-order valence-electron chi connectivity index (χ0n) is 14.0. The largest absolute Gasteiger partial charge is 0.393 e. The summed E-state index contributed by atoms with van der Waals surface area (Å²) in [5.41, 5.74) is 2.39. The summed E-state index contributed by atoms with van der Waals surface area (Å²) in [6, 6.07) is 8.61. The van der Waals surface area contributed by atoms with E-state index in [0.717, 1.165) is 37.7 Å². The van der Waals surface area contributed by atoms with Gasteiger partial charge in [0.2, 0.25) is 5.91 Å². The minimum Gasteiger partial charge on any atom is -0.393 e. The van der Waals surface area contributed by atoms with E-state index in [4.69, 9.17) is 0 Å². The molecule has 1 saturated carbocycles. The van der Waals surface area contributed by atoms with E-state index in [1.54, 1.807) is 0 Å². The Balaban J connectivity index is 1.95. The van der Waals surface area contributed by atoms with E-state index in [1.165, 1.54) is 5.56 Å². The van der Waals surface area contributed by atoms with E-state index in [0.29, 0.717) is 5.92 Å². The van der Waals surface area contributed by atoms with Crippen LogP contribution in [0.4, 0.5) is 0 Å². The van der Waals surface area contributed by atoms with Crippen molar-refractivity contribution in [3.63, 3.8) is 0 Å². The molecule has 1 aliphatic rings. The van der Waals surface area contributed by atoms with Crippen molar-refractivity contribution in [2.75, 3.05) is 0 Å². The molecule has 2 N–H and O–H groups in total. The first-order valence-corrected chi connectivity index (χ1v) is 8.53. The fourth-order valence-electron chi connectivity index (χ4n) is 3.16. The Morgan fingerprint density at radius 2 is 1.91 bits per heavy atom. The number of hydrogen-bond acceptors (Lipinski definition) is 2. The van der Waals surface area contributed by atoms with Crippen LogP contribution in [0.1, 0.15) is 63.5 Å². The molecule has 1 aliphatic carbocycles. The van der Waals surface area contributed by atoms with Gasteiger partial charge in [0.05, 0.1) is 12.0 Å². The lowest BCUT2D eigenvalue weighted by Crippen LogP contribution is -2.40. The third-order valence-electron chi connectivity index (χ3n) is 4.53. The highest BCUT2D eigenvalue weighted by Gasteiger charge is 2.23. The zero-order chi connectivity index (χ0) is 16.1. The third-order valence-corrected chi connectivity index (χ3v) is 4.53. The van der Waals surface area contributed by atoms with Crippen LogP contribution in [0.25, 0.3) is 0 Å². The van der Waals surface area contributed by atoms with Crippen LogP contribution in [-0.2, 0) is 11.2 Å². The molecule has 3 heteroatoms. The van der Waals surface area contributed by atoms with Crippen LogP contribution in [0.5, 0.6) is 0 Å². The molecule has 0 spiro atoms. The predicted octanol–water partition coefficient (Wildman–Crippen LogP) is 3.41. The molecule has 1 fully saturated rings. The molecule has 0 unspecified atom stereocenters. The fraction of sp³-hybridized carbons (Fsp3) is 0.632. The molecule has 0 radical (unpaired) electrons. The number of aliphatic hydroxyl groups is 1. The number of nitrogens with one attached hydrogen (secondary N) is 1. The Morgan fingerprint density at radius 1 is 1.23 bits per heavy atom. The maximum atomic E-state index is 12.5. The molecule has 1 amide bonds.